The van der Waals surface area contributed by atoms with E-state index in [2.05, 4.69) is 0 Å². The number of carbonyl (C=O) groups is 3. The topological polar surface area (TPSA) is 134 Å². The van der Waals surface area contributed by atoms with Crippen LogP contribution in [0.4, 0.5) is 0 Å². The summed E-state index contributed by atoms with van der Waals surface area (Å²) in [6.07, 6.45) is -0.943. The van der Waals surface area contributed by atoms with Crippen molar-refractivity contribution in [2.75, 3.05) is 6.61 Å². The van der Waals surface area contributed by atoms with Crippen molar-refractivity contribution in [3.63, 3.8) is 0 Å². The third kappa shape index (κ3) is 3.96. The molecule has 0 spiro atoms. The van der Waals surface area contributed by atoms with Gasteiger partial charge in [-0.3, -0.25) is 28.7 Å². The minimum Gasteiger partial charge on any atom is -0.463 e. The van der Waals surface area contributed by atoms with Crippen molar-refractivity contribution >= 4 is 18.2 Å². The number of ether oxygens (including phenoxy) is 3. The quantitative estimate of drug-likeness (QED) is 0.540. The summed E-state index contributed by atoms with van der Waals surface area (Å²) in [5.74, 6) is -1.09. The normalized spacial score (nSPS) is 22.8. The maximum Gasteiger partial charge on any atom is 0.330 e. The number of aldehydes is 1. The molecule has 3 atom stereocenters. The number of rotatable bonds is 5. The summed E-state index contributed by atoms with van der Waals surface area (Å²) in [4.78, 5) is 58.3. The summed E-state index contributed by atoms with van der Waals surface area (Å²) in [6.45, 7) is 2.27. The second-order valence-electron chi connectivity index (χ2n) is 5.18. The van der Waals surface area contributed by atoms with Crippen LogP contribution < -0.4 is 11.2 Å². The van der Waals surface area contributed by atoms with Gasteiger partial charge in [-0.25, -0.2) is 4.79 Å². The van der Waals surface area contributed by atoms with Crippen LogP contribution >= 0.6 is 0 Å². The van der Waals surface area contributed by atoms with E-state index >= 15 is 0 Å². The molecule has 10 nitrogen and oxygen atoms in total. The van der Waals surface area contributed by atoms with Gasteiger partial charge in [0.15, 0.2) is 6.29 Å². The Morgan fingerprint density at radius 1 is 1.38 bits per heavy atom. The van der Waals surface area contributed by atoms with Gasteiger partial charge in [0.05, 0.1) is 5.56 Å². The van der Waals surface area contributed by atoms with E-state index in [1.54, 1.807) is 0 Å². The lowest BCUT2D eigenvalue weighted by molar-refractivity contribution is -0.155. The highest BCUT2D eigenvalue weighted by atomic mass is 16.6. The van der Waals surface area contributed by atoms with Crippen molar-refractivity contribution in [3.05, 3.63) is 32.6 Å². The van der Waals surface area contributed by atoms with Gasteiger partial charge < -0.3 is 14.2 Å². The Bertz CT molecular complexity index is 765. The number of H-pyrrole nitrogens is 1. The number of aromatic amines is 1. The molecular formula is C14H16N2O8. The van der Waals surface area contributed by atoms with Crippen molar-refractivity contribution in [1.82, 2.24) is 9.55 Å². The van der Waals surface area contributed by atoms with E-state index in [1.165, 1.54) is 13.8 Å². The van der Waals surface area contributed by atoms with Gasteiger partial charge in [0, 0.05) is 26.5 Å². The Labute approximate surface area is 135 Å². The summed E-state index contributed by atoms with van der Waals surface area (Å²) in [6, 6.07) is 0. The van der Waals surface area contributed by atoms with Gasteiger partial charge in [-0.05, 0) is 0 Å². The van der Waals surface area contributed by atoms with Crippen LogP contribution in [0.5, 0.6) is 0 Å². The van der Waals surface area contributed by atoms with Crippen LogP contribution in [-0.4, -0.2) is 46.6 Å². The molecule has 0 amide bonds. The fraction of sp³-hybridized carbons (Fsp3) is 0.500. The molecule has 1 N–H and O–H groups in total. The molecule has 24 heavy (non-hydrogen) atoms. The van der Waals surface area contributed by atoms with Crippen molar-refractivity contribution in [2.24, 2.45) is 0 Å². The molecule has 1 aromatic rings. The maximum atomic E-state index is 11.9. The summed E-state index contributed by atoms with van der Waals surface area (Å²) in [7, 11) is 0. The number of nitrogens with zero attached hydrogens (tertiary/aromatic N) is 1. The summed E-state index contributed by atoms with van der Waals surface area (Å²) >= 11 is 0. The average Bonchev–Trinajstić information content (AvgIpc) is 2.87. The molecule has 1 aliphatic heterocycles. The molecule has 2 rings (SSSR count). The fourth-order valence-electron chi connectivity index (χ4n) is 2.36. The Morgan fingerprint density at radius 3 is 2.67 bits per heavy atom. The maximum absolute atomic E-state index is 11.9. The lowest BCUT2D eigenvalue weighted by Crippen LogP contribution is -2.34. The largest absolute Gasteiger partial charge is 0.463 e. The van der Waals surface area contributed by atoms with E-state index in [0.717, 1.165) is 10.8 Å². The molecule has 0 aromatic carbocycles. The second kappa shape index (κ2) is 7.21. The van der Waals surface area contributed by atoms with Crippen LogP contribution in [0.1, 0.15) is 36.9 Å². The number of carbonyl (C=O) groups excluding carboxylic acids is 3. The summed E-state index contributed by atoms with van der Waals surface area (Å²) < 4.78 is 16.6. The number of aromatic nitrogens is 2. The van der Waals surface area contributed by atoms with Crippen LogP contribution in [-0.2, 0) is 23.8 Å². The molecule has 1 aromatic heterocycles. The van der Waals surface area contributed by atoms with E-state index in [9.17, 15) is 24.0 Å². The first-order valence-corrected chi connectivity index (χ1v) is 7.08. The zero-order chi connectivity index (χ0) is 17.9. The smallest absolute Gasteiger partial charge is 0.330 e. The summed E-state index contributed by atoms with van der Waals surface area (Å²) in [5.41, 5.74) is -1.83. The lowest BCUT2D eigenvalue weighted by Gasteiger charge is -2.17. The van der Waals surface area contributed by atoms with E-state index in [0.29, 0.717) is 6.29 Å². The Balaban J connectivity index is 2.27. The Hall–Kier alpha value is -2.75. The zero-order valence-corrected chi connectivity index (χ0v) is 13.0. The van der Waals surface area contributed by atoms with E-state index in [-0.39, 0.29) is 18.6 Å². The predicted molar refractivity (Wildman–Crippen MR) is 77.4 cm³/mol. The molecule has 0 aliphatic carbocycles. The minimum absolute atomic E-state index is 0.0930. The van der Waals surface area contributed by atoms with Crippen molar-refractivity contribution < 1.29 is 28.6 Å². The van der Waals surface area contributed by atoms with Gasteiger partial charge in [-0.15, -0.1) is 0 Å². The minimum atomic E-state index is -0.891. The monoisotopic (exact) mass is 340 g/mol. The van der Waals surface area contributed by atoms with E-state index in [1.807, 2.05) is 4.98 Å². The van der Waals surface area contributed by atoms with E-state index in [4.69, 9.17) is 14.2 Å². The molecule has 0 bridgehead atoms. The highest BCUT2D eigenvalue weighted by molar-refractivity contribution is 5.73. The van der Waals surface area contributed by atoms with Gasteiger partial charge in [-0.1, -0.05) is 0 Å². The molecule has 1 fully saturated rings. The number of hydrogen-bond donors (Lipinski definition) is 1. The van der Waals surface area contributed by atoms with Crippen LogP contribution in [0.15, 0.2) is 15.8 Å². The Morgan fingerprint density at radius 2 is 2.08 bits per heavy atom. The third-order valence-electron chi connectivity index (χ3n) is 3.38. The van der Waals surface area contributed by atoms with Gasteiger partial charge in [0.1, 0.15) is 25.0 Å². The molecule has 1 saturated heterocycles. The Kier molecular flexibility index (Phi) is 5.29. The summed E-state index contributed by atoms with van der Waals surface area (Å²) in [5, 5.41) is 0. The van der Waals surface area contributed by atoms with Gasteiger partial charge >= 0.3 is 17.6 Å². The first kappa shape index (κ1) is 17.6. The van der Waals surface area contributed by atoms with E-state index < -0.39 is 41.6 Å². The molecular weight excluding hydrogens is 324 g/mol. The van der Waals surface area contributed by atoms with Gasteiger partial charge in [0.25, 0.3) is 5.56 Å². The lowest BCUT2D eigenvalue weighted by atomic mass is 10.2. The second-order valence-corrected chi connectivity index (χ2v) is 5.18. The number of esters is 2. The predicted octanol–water partition coefficient (Wildman–Crippen LogP) is -0.869. The van der Waals surface area contributed by atoms with Crippen LogP contribution in [0.25, 0.3) is 0 Å². The van der Waals surface area contributed by atoms with Gasteiger partial charge in [0.2, 0.25) is 0 Å². The molecule has 10 heteroatoms. The molecule has 2 heterocycles. The standard InChI is InChI=1S/C14H16N2O8/c1-7(18)22-6-11-10(23-8(2)19)3-12(24-11)16-4-9(5-17)13(20)15-14(16)21/h4-5,10-12H,3,6H2,1-2H3,(H,15,20,21)/t10-,11+,12+/m0/s1. The molecule has 0 radical (unpaired) electrons. The first-order valence-electron chi connectivity index (χ1n) is 7.08. The number of nitrogens with one attached hydrogen (secondary N) is 1. The fourth-order valence-corrected chi connectivity index (χ4v) is 2.36. The van der Waals surface area contributed by atoms with Crippen LogP contribution in [0.3, 0.4) is 0 Å². The highest BCUT2D eigenvalue weighted by Crippen LogP contribution is 2.30. The number of hydrogen-bond acceptors (Lipinski definition) is 8. The van der Waals surface area contributed by atoms with Gasteiger partial charge in [-0.2, -0.15) is 0 Å². The van der Waals surface area contributed by atoms with Crippen LogP contribution in [0, 0.1) is 0 Å². The van der Waals surface area contributed by atoms with Crippen molar-refractivity contribution in [1.29, 1.82) is 0 Å². The van der Waals surface area contributed by atoms with Crippen molar-refractivity contribution in [2.45, 2.75) is 38.7 Å². The molecule has 0 saturated carbocycles. The average molecular weight is 340 g/mol. The third-order valence-corrected chi connectivity index (χ3v) is 3.38. The molecule has 130 valence electrons. The zero-order valence-electron chi connectivity index (χ0n) is 13.0. The SMILES string of the molecule is CC(=O)OC[C@H]1O[C@@H](n2cc(C=O)c(=O)[nH]c2=O)C[C@@H]1OC(C)=O. The first-order chi connectivity index (χ1) is 11.3. The van der Waals surface area contributed by atoms with Crippen LogP contribution in [0.2, 0.25) is 0 Å². The highest BCUT2D eigenvalue weighted by Gasteiger charge is 2.39. The molecule has 1 aliphatic rings. The molecule has 0 unspecified atom stereocenters. The van der Waals surface area contributed by atoms with Crippen molar-refractivity contribution in [3.8, 4) is 0 Å².